The van der Waals surface area contributed by atoms with E-state index in [1.807, 2.05) is 12.1 Å². The highest BCUT2D eigenvalue weighted by molar-refractivity contribution is 5.91. The Bertz CT molecular complexity index is 2120. The molecule has 54 heavy (non-hydrogen) atoms. The van der Waals surface area contributed by atoms with E-state index >= 15 is 0 Å². The number of carbonyl (C=O) groups excluding carboxylic acids is 4. The lowest BCUT2D eigenvalue weighted by molar-refractivity contribution is 0.0591. The quantitative estimate of drug-likeness (QED) is 0.0895. The van der Waals surface area contributed by atoms with Gasteiger partial charge in [-0.25, -0.2) is 19.2 Å². The van der Waals surface area contributed by atoms with Gasteiger partial charge in [0.25, 0.3) is 0 Å². The van der Waals surface area contributed by atoms with Crippen LogP contribution in [0.15, 0.2) is 97.1 Å². The molecule has 0 saturated carbocycles. The van der Waals surface area contributed by atoms with Crippen molar-refractivity contribution in [3.05, 3.63) is 130 Å². The molecule has 0 aliphatic rings. The van der Waals surface area contributed by atoms with Crippen molar-refractivity contribution in [3.63, 3.8) is 0 Å². The summed E-state index contributed by atoms with van der Waals surface area (Å²) in [6.07, 6.45) is 0. The van der Waals surface area contributed by atoms with Gasteiger partial charge in [0.15, 0.2) is 11.5 Å². The summed E-state index contributed by atoms with van der Waals surface area (Å²) in [5.74, 6) is -2.98. The van der Waals surface area contributed by atoms with Gasteiger partial charge in [0.05, 0.1) is 50.7 Å². The van der Waals surface area contributed by atoms with Gasteiger partial charge in [0, 0.05) is 0 Å². The van der Waals surface area contributed by atoms with Gasteiger partial charge in [-0.1, -0.05) is 0 Å². The Labute approximate surface area is 308 Å². The number of benzene rings is 5. The number of hydrogen-bond acceptors (Lipinski definition) is 14. The Morgan fingerprint density at radius 3 is 0.759 bits per heavy atom. The van der Waals surface area contributed by atoms with E-state index in [2.05, 4.69) is 0 Å². The van der Waals surface area contributed by atoms with Crippen molar-refractivity contribution in [1.29, 1.82) is 10.5 Å². The van der Waals surface area contributed by atoms with E-state index in [0.29, 0.717) is 0 Å². The van der Waals surface area contributed by atoms with Crippen molar-refractivity contribution in [1.82, 2.24) is 0 Å². The Morgan fingerprint density at radius 1 is 0.370 bits per heavy atom. The predicted octanol–water partition coefficient (Wildman–Crippen LogP) is 7.75. The number of methoxy groups -OCH3 is 4. The van der Waals surface area contributed by atoms with Crippen molar-refractivity contribution in [2.75, 3.05) is 28.4 Å². The summed E-state index contributed by atoms with van der Waals surface area (Å²) >= 11 is 0. The number of nitrogens with zero attached hydrogens (tertiary/aromatic N) is 2. The summed E-state index contributed by atoms with van der Waals surface area (Å²) in [4.78, 5) is 48.5. The van der Waals surface area contributed by atoms with Crippen molar-refractivity contribution < 1.29 is 57.1 Å². The third-order valence-corrected chi connectivity index (χ3v) is 7.53. The van der Waals surface area contributed by atoms with Gasteiger partial charge in [-0.3, -0.25) is 0 Å². The minimum atomic E-state index is -0.598. The first-order chi connectivity index (χ1) is 26.1. The van der Waals surface area contributed by atoms with Crippen molar-refractivity contribution in [2.45, 2.75) is 0 Å². The molecule has 0 atom stereocenters. The monoisotopic (exact) mass is 728 g/mol. The summed E-state index contributed by atoms with van der Waals surface area (Å²) in [5, 5.41) is 21.1. The van der Waals surface area contributed by atoms with E-state index in [9.17, 15) is 29.7 Å². The van der Waals surface area contributed by atoms with Crippen molar-refractivity contribution >= 4 is 23.9 Å². The minimum absolute atomic E-state index is 0.120. The number of nitriles is 2. The lowest BCUT2D eigenvalue weighted by Gasteiger charge is -2.22. The van der Waals surface area contributed by atoms with Gasteiger partial charge in [0.2, 0.25) is 11.5 Å². The van der Waals surface area contributed by atoms with Gasteiger partial charge >= 0.3 is 23.9 Å². The van der Waals surface area contributed by atoms with Crippen LogP contribution in [-0.4, -0.2) is 52.3 Å². The number of hydrogen-bond donors (Lipinski definition) is 0. The van der Waals surface area contributed by atoms with Crippen molar-refractivity contribution in [2.24, 2.45) is 0 Å². The lowest BCUT2D eigenvalue weighted by Crippen LogP contribution is -2.05. The second-order valence-corrected chi connectivity index (χ2v) is 10.8. The number of ether oxygens (including phenoxy) is 8. The fourth-order valence-electron chi connectivity index (χ4n) is 4.83. The van der Waals surface area contributed by atoms with Crippen LogP contribution in [0.2, 0.25) is 0 Å². The zero-order valence-corrected chi connectivity index (χ0v) is 29.0. The normalized spacial score (nSPS) is 10.1. The molecule has 0 fully saturated rings. The summed E-state index contributed by atoms with van der Waals surface area (Å²) in [5.41, 5.74) is 0.200. The molecule has 0 spiro atoms. The first-order valence-electron chi connectivity index (χ1n) is 15.6. The third kappa shape index (κ3) is 8.20. The van der Waals surface area contributed by atoms with Crippen LogP contribution >= 0.6 is 0 Å². The Morgan fingerprint density at radius 2 is 0.574 bits per heavy atom. The molecule has 270 valence electrons. The summed E-state index contributed by atoms with van der Waals surface area (Å²) in [6.45, 7) is 0. The smallest absolute Gasteiger partial charge is 0.337 e. The molecule has 0 aliphatic heterocycles. The van der Waals surface area contributed by atoms with Crippen molar-refractivity contribution in [3.8, 4) is 58.1 Å². The fourth-order valence-corrected chi connectivity index (χ4v) is 4.83. The molecule has 0 saturated heterocycles. The molecule has 5 rings (SSSR count). The molecule has 0 N–H and O–H groups in total. The highest BCUT2D eigenvalue weighted by Gasteiger charge is 2.32. The van der Waals surface area contributed by atoms with E-state index in [-0.39, 0.29) is 79.4 Å². The second-order valence-electron chi connectivity index (χ2n) is 10.8. The largest absolute Gasteiger partial charge is 0.465 e. The molecule has 0 radical (unpaired) electrons. The Balaban J connectivity index is 1.76. The van der Waals surface area contributed by atoms with Gasteiger partial charge in [0.1, 0.15) is 46.3 Å². The van der Waals surface area contributed by atoms with E-state index < -0.39 is 23.9 Å². The topological polar surface area (TPSA) is 190 Å². The molecule has 0 unspecified atom stereocenters. The molecular weight excluding hydrogens is 700 g/mol. The first kappa shape index (κ1) is 37.4. The number of esters is 4. The van der Waals surface area contributed by atoms with Crippen LogP contribution in [0.25, 0.3) is 0 Å². The highest BCUT2D eigenvalue weighted by Crippen LogP contribution is 2.54. The molecule has 0 bridgehead atoms. The van der Waals surface area contributed by atoms with E-state index in [1.165, 1.54) is 126 Å². The molecular formula is C40H28N2O12. The van der Waals surface area contributed by atoms with Crippen LogP contribution in [0.1, 0.15) is 52.6 Å². The van der Waals surface area contributed by atoms with Crippen LogP contribution in [0.3, 0.4) is 0 Å². The van der Waals surface area contributed by atoms with Gasteiger partial charge in [-0.2, -0.15) is 10.5 Å². The number of rotatable bonds is 12. The predicted molar refractivity (Wildman–Crippen MR) is 187 cm³/mol. The maximum Gasteiger partial charge on any atom is 0.337 e. The van der Waals surface area contributed by atoms with Gasteiger partial charge in [-0.05, 0) is 97.1 Å². The molecule has 5 aromatic rings. The molecule has 0 aliphatic carbocycles. The molecule has 0 amide bonds. The molecule has 14 heteroatoms. The van der Waals surface area contributed by atoms with Crippen LogP contribution in [0, 0.1) is 22.7 Å². The Hall–Kier alpha value is -7.84. The SMILES string of the molecule is COC(=O)c1ccc(Oc2c(C#N)c(C#N)c(Oc3ccc(C(=O)OC)cc3)c(Oc3ccc(C(=O)OC)cc3)c2Oc2ccc(C(=O)OC)cc2)cc1. The molecule has 0 aromatic heterocycles. The standard InChI is InChI=1S/C40H28N2O12/c1-47-37(43)23-5-13-27(14-6-23)51-33-31(21-41)32(22-42)34(52-28-15-7-24(8-16-28)38(44)48-2)36(54-30-19-11-26(12-20-30)40(46)50-4)35(33)53-29-17-9-25(10-18-29)39(45)49-3/h5-20H,1-4H3. The summed E-state index contributed by atoms with van der Waals surface area (Å²) in [7, 11) is 4.94. The van der Waals surface area contributed by atoms with E-state index in [4.69, 9.17) is 37.9 Å². The molecule has 0 heterocycles. The van der Waals surface area contributed by atoms with Crippen LogP contribution in [0.5, 0.6) is 46.0 Å². The summed E-state index contributed by atoms with van der Waals surface area (Å²) < 4.78 is 44.3. The van der Waals surface area contributed by atoms with Gasteiger partial charge < -0.3 is 37.9 Å². The average molecular weight is 729 g/mol. The maximum atomic E-state index is 12.1. The van der Waals surface area contributed by atoms with Crippen LogP contribution < -0.4 is 18.9 Å². The zero-order chi connectivity index (χ0) is 38.8. The highest BCUT2D eigenvalue weighted by atomic mass is 16.6. The van der Waals surface area contributed by atoms with Crippen LogP contribution in [0.4, 0.5) is 0 Å². The second kappa shape index (κ2) is 16.9. The van der Waals surface area contributed by atoms with E-state index in [1.54, 1.807) is 0 Å². The first-order valence-corrected chi connectivity index (χ1v) is 15.6. The molecule has 5 aromatic carbocycles. The molecule has 14 nitrogen and oxygen atoms in total. The average Bonchev–Trinajstić information content (AvgIpc) is 3.22. The minimum Gasteiger partial charge on any atom is -0.465 e. The lowest BCUT2D eigenvalue weighted by atomic mass is 10.0. The van der Waals surface area contributed by atoms with Gasteiger partial charge in [-0.15, -0.1) is 0 Å². The zero-order valence-electron chi connectivity index (χ0n) is 29.0. The maximum absolute atomic E-state index is 12.1. The number of carbonyl (C=O) groups is 4. The third-order valence-electron chi connectivity index (χ3n) is 7.53. The summed E-state index contributed by atoms with van der Waals surface area (Å²) in [6, 6.07) is 27.0. The van der Waals surface area contributed by atoms with E-state index in [0.717, 1.165) is 0 Å². The fraction of sp³-hybridized carbons (Fsp3) is 0.100. The Kier molecular flexibility index (Phi) is 11.7. The van der Waals surface area contributed by atoms with Crippen LogP contribution in [-0.2, 0) is 18.9 Å².